The summed E-state index contributed by atoms with van der Waals surface area (Å²) in [5, 5.41) is 0. The van der Waals surface area contributed by atoms with E-state index in [1.807, 2.05) is 0 Å². The van der Waals surface area contributed by atoms with Gasteiger partial charge >= 0.3 is 11.9 Å². The van der Waals surface area contributed by atoms with Crippen molar-refractivity contribution < 1.29 is 27.9 Å². The Bertz CT molecular complexity index is 1470. The van der Waals surface area contributed by atoms with Gasteiger partial charge in [-0.3, -0.25) is 0 Å². The van der Waals surface area contributed by atoms with Crippen LogP contribution in [0.5, 0.6) is 0 Å². The zero-order valence-electron chi connectivity index (χ0n) is 28.9. The molecule has 46 heavy (non-hydrogen) atoms. The van der Waals surface area contributed by atoms with E-state index in [1.54, 1.807) is 24.3 Å². The smallest absolute Gasteiger partial charge is 0.374 e. The Balaban J connectivity index is 1.15. The van der Waals surface area contributed by atoms with Gasteiger partial charge in [-0.25, -0.2) is 9.59 Å². The molecule has 250 valence electrons. The zero-order valence-corrected chi connectivity index (χ0v) is 28.9. The molecular weight excluding hydrogens is 576 g/mol. The summed E-state index contributed by atoms with van der Waals surface area (Å²) >= 11 is 0. The molecule has 5 saturated carbocycles. The van der Waals surface area contributed by atoms with E-state index in [-0.39, 0.29) is 56.6 Å². The molecule has 0 amide bonds. The van der Waals surface area contributed by atoms with Gasteiger partial charge in [0.05, 0.1) is 19.1 Å². The first-order chi connectivity index (χ1) is 21.8. The highest BCUT2D eigenvalue weighted by atomic mass is 16.6. The first-order valence-electron chi connectivity index (χ1n) is 17.9. The maximum Gasteiger partial charge on any atom is 0.374 e. The molecule has 0 aliphatic heterocycles. The largest absolute Gasteiger partial charge is 0.459 e. The first-order valence-corrected chi connectivity index (χ1v) is 17.9. The second-order valence-electron chi connectivity index (χ2n) is 17.3. The number of rotatable bonds is 6. The number of allylic oxidation sites excluding steroid dienone is 1. The van der Waals surface area contributed by atoms with Gasteiger partial charge in [-0.1, -0.05) is 46.8 Å². The summed E-state index contributed by atoms with van der Waals surface area (Å²) in [5.41, 5.74) is 1.78. The summed E-state index contributed by atoms with van der Waals surface area (Å²) < 4.78 is 23.0. The quantitative estimate of drug-likeness (QED) is 0.233. The monoisotopic (exact) mass is 630 g/mol. The molecule has 0 spiro atoms. The van der Waals surface area contributed by atoms with Gasteiger partial charge in [0.2, 0.25) is 11.5 Å². The van der Waals surface area contributed by atoms with Crippen molar-refractivity contribution in [3.8, 4) is 0 Å². The minimum absolute atomic E-state index is 0.00172. The van der Waals surface area contributed by atoms with E-state index in [1.165, 1.54) is 43.8 Å². The van der Waals surface area contributed by atoms with Crippen LogP contribution in [0.2, 0.25) is 0 Å². The standard InChI is InChI=1S/C40H54O6/c1-25(2)26-14-19-40(24-45-34(41)28-10-8-22-43-28)21-20-38(6)27(33(26)40)12-13-31-37(5)17-16-32(46-35(42)29-11-9-23-44-29)36(3,4)30(37)15-18-39(31,38)7/h8-11,22-23,26-27,30-33H,1,12-21,24H2,2-7H3/t26-,27+,30-,31+,32-,33+,37-,38+,39+,40+/m0/s1. The van der Waals surface area contributed by atoms with E-state index >= 15 is 0 Å². The Morgan fingerprint density at radius 1 is 0.804 bits per heavy atom. The molecule has 6 nitrogen and oxygen atoms in total. The van der Waals surface area contributed by atoms with Crippen molar-refractivity contribution in [2.45, 2.75) is 112 Å². The fourth-order valence-corrected chi connectivity index (χ4v) is 13.0. The van der Waals surface area contributed by atoms with Crippen LogP contribution in [-0.4, -0.2) is 24.6 Å². The van der Waals surface area contributed by atoms with Gasteiger partial charge in [-0.05, 0) is 141 Å². The van der Waals surface area contributed by atoms with Crippen molar-refractivity contribution >= 4 is 11.9 Å². The lowest BCUT2D eigenvalue weighted by molar-refractivity contribution is -0.249. The van der Waals surface area contributed by atoms with Crippen LogP contribution in [0.25, 0.3) is 0 Å². The Hall–Kier alpha value is -2.76. The average Bonchev–Trinajstić information content (AvgIpc) is 3.80. The molecule has 0 radical (unpaired) electrons. The summed E-state index contributed by atoms with van der Waals surface area (Å²) in [7, 11) is 0. The number of furan rings is 2. The topological polar surface area (TPSA) is 78.9 Å². The van der Waals surface area contributed by atoms with Crippen LogP contribution in [0, 0.1) is 56.7 Å². The number of esters is 2. The molecule has 10 atom stereocenters. The molecule has 5 aliphatic carbocycles. The van der Waals surface area contributed by atoms with Gasteiger partial charge in [0, 0.05) is 10.8 Å². The van der Waals surface area contributed by atoms with Crippen molar-refractivity contribution in [2.24, 2.45) is 56.7 Å². The molecule has 7 rings (SSSR count). The highest BCUT2D eigenvalue weighted by molar-refractivity contribution is 5.86. The van der Waals surface area contributed by atoms with Crippen LogP contribution in [0.15, 0.2) is 57.8 Å². The normalized spacial score (nSPS) is 42.6. The zero-order chi connectivity index (χ0) is 32.7. The molecule has 0 N–H and O–H groups in total. The summed E-state index contributed by atoms with van der Waals surface area (Å²) in [6.45, 7) is 19.8. The number of carbonyl (C=O) groups is 2. The molecule has 2 heterocycles. The second-order valence-corrected chi connectivity index (χ2v) is 17.3. The molecule has 0 unspecified atom stereocenters. The van der Waals surface area contributed by atoms with Crippen LogP contribution in [0.1, 0.15) is 127 Å². The maximum absolute atomic E-state index is 13.0. The molecular formula is C40H54O6. The van der Waals surface area contributed by atoms with Crippen LogP contribution < -0.4 is 0 Å². The lowest BCUT2D eigenvalue weighted by Crippen LogP contribution is -2.67. The summed E-state index contributed by atoms with van der Waals surface area (Å²) in [6.07, 6.45) is 14.3. The fraction of sp³-hybridized carbons (Fsp3) is 0.700. The third-order valence-corrected chi connectivity index (χ3v) is 15.4. The van der Waals surface area contributed by atoms with Crippen LogP contribution in [0.3, 0.4) is 0 Å². The third-order valence-electron chi connectivity index (χ3n) is 15.4. The molecule has 0 aromatic carbocycles. The fourth-order valence-electron chi connectivity index (χ4n) is 13.0. The van der Waals surface area contributed by atoms with Crippen molar-refractivity contribution in [1.82, 2.24) is 0 Å². The van der Waals surface area contributed by atoms with Crippen molar-refractivity contribution in [3.63, 3.8) is 0 Å². The minimum Gasteiger partial charge on any atom is -0.459 e. The highest BCUT2D eigenvalue weighted by Crippen LogP contribution is 2.77. The predicted octanol–water partition coefficient (Wildman–Crippen LogP) is 9.91. The van der Waals surface area contributed by atoms with Crippen LogP contribution >= 0.6 is 0 Å². The molecule has 6 heteroatoms. The Morgan fingerprint density at radius 2 is 1.50 bits per heavy atom. The average molecular weight is 631 g/mol. The SMILES string of the molecule is C=C(C)[C@@H]1CC[C@]2(COC(=O)c3ccco3)CC[C@]3(C)[C@H](CC[C@@H]4[C@@]5(C)CC[C@H](OC(=O)c6ccco6)C(C)(C)[C@@H]5CC[C@]43C)[C@@H]12. The number of ether oxygens (including phenoxy) is 2. The second kappa shape index (κ2) is 10.9. The third kappa shape index (κ3) is 4.47. The molecule has 5 aliphatic rings. The van der Waals surface area contributed by atoms with Gasteiger partial charge in [0.15, 0.2) is 0 Å². The van der Waals surface area contributed by atoms with Crippen LogP contribution in [-0.2, 0) is 9.47 Å². The lowest BCUT2D eigenvalue weighted by atomic mass is 9.32. The van der Waals surface area contributed by atoms with E-state index in [9.17, 15) is 9.59 Å². The van der Waals surface area contributed by atoms with Gasteiger partial charge in [-0.15, -0.1) is 0 Å². The Labute approximate surface area is 275 Å². The number of fused-ring (bicyclic) bond motifs is 7. The molecule has 2 aromatic rings. The van der Waals surface area contributed by atoms with Gasteiger partial charge < -0.3 is 18.3 Å². The number of hydrogen-bond acceptors (Lipinski definition) is 6. The Kier molecular flexibility index (Phi) is 7.53. The predicted molar refractivity (Wildman–Crippen MR) is 176 cm³/mol. The van der Waals surface area contributed by atoms with E-state index in [0.717, 1.165) is 38.5 Å². The van der Waals surface area contributed by atoms with Gasteiger partial charge in [0.25, 0.3) is 0 Å². The van der Waals surface area contributed by atoms with Gasteiger partial charge in [-0.2, -0.15) is 0 Å². The highest BCUT2D eigenvalue weighted by Gasteiger charge is 2.71. The molecule has 2 aromatic heterocycles. The Morgan fingerprint density at radius 3 is 2.15 bits per heavy atom. The number of carbonyl (C=O) groups excluding carboxylic acids is 2. The summed E-state index contributed by atoms with van der Waals surface area (Å²) in [5.74, 6) is 2.51. The summed E-state index contributed by atoms with van der Waals surface area (Å²) in [4.78, 5) is 25.9. The van der Waals surface area contributed by atoms with E-state index in [0.29, 0.717) is 36.2 Å². The maximum atomic E-state index is 13.0. The molecule has 0 saturated heterocycles. The molecule has 5 fully saturated rings. The summed E-state index contributed by atoms with van der Waals surface area (Å²) in [6, 6.07) is 6.87. The first kappa shape index (κ1) is 31.8. The number of hydrogen-bond donors (Lipinski definition) is 0. The van der Waals surface area contributed by atoms with E-state index in [4.69, 9.17) is 18.3 Å². The van der Waals surface area contributed by atoms with E-state index in [2.05, 4.69) is 48.1 Å². The van der Waals surface area contributed by atoms with E-state index < -0.39 is 0 Å². The molecule has 0 bridgehead atoms. The van der Waals surface area contributed by atoms with Crippen LogP contribution in [0.4, 0.5) is 0 Å². The van der Waals surface area contributed by atoms with Crippen molar-refractivity contribution in [3.05, 3.63) is 60.5 Å². The lowest BCUT2D eigenvalue weighted by Gasteiger charge is -2.73. The van der Waals surface area contributed by atoms with Crippen molar-refractivity contribution in [2.75, 3.05) is 6.61 Å². The van der Waals surface area contributed by atoms with Crippen molar-refractivity contribution in [1.29, 1.82) is 0 Å². The minimum atomic E-state index is -0.347. The van der Waals surface area contributed by atoms with Gasteiger partial charge in [0.1, 0.15) is 6.10 Å².